The largest absolute Gasteiger partial charge is 0.399 e. The van der Waals surface area contributed by atoms with Crippen LogP contribution in [0.25, 0.3) is 0 Å². The number of anilines is 1. The maximum Gasteiger partial charge on any atom is 0.193 e. The minimum absolute atomic E-state index is 0.0461. The van der Waals surface area contributed by atoms with Gasteiger partial charge in [-0.25, -0.2) is 0 Å². The van der Waals surface area contributed by atoms with E-state index in [2.05, 4.69) is 0 Å². The molecule has 1 fully saturated rings. The van der Waals surface area contributed by atoms with E-state index in [1.165, 1.54) is 18.4 Å². The molecule has 0 bridgehead atoms. The van der Waals surface area contributed by atoms with Gasteiger partial charge in [0.05, 0.1) is 0 Å². The van der Waals surface area contributed by atoms with Gasteiger partial charge >= 0.3 is 0 Å². The Morgan fingerprint density at radius 1 is 1.00 bits per heavy atom. The Kier molecular flexibility index (Phi) is 2.63. The lowest BCUT2D eigenvalue weighted by molar-refractivity contribution is 0.103. The lowest BCUT2D eigenvalue weighted by Crippen LogP contribution is -2.03. The predicted molar refractivity (Wildman–Crippen MR) is 72.7 cm³/mol. The van der Waals surface area contributed by atoms with Gasteiger partial charge in [0.25, 0.3) is 0 Å². The summed E-state index contributed by atoms with van der Waals surface area (Å²) in [6.07, 6.45) is 2.42. The van der Waals surface area contributed by atoms with Crippen LogP contribution in [-0.2, 0) is 0 Å². The van der Waals surface area contributed by atoms with Crippen LogP contribution >= 0.6 is 0 Å². The summed E-state index contributed by atoms with van der Waals surface area (Å²) < 4.78 is 0. The fourth-order valence-corrected chi connectivity index (χ4v) is 2.22. The van der Waals surface area contributed by atoms with Gasteiger partial charge in [0.1, 0.15) is 0 Å². The fraction of sp³-hybridized carbons (Fsp3) is 0.188. The summed E-state index contributed by atoms with van der Waals surface area (Å²) in [5.41, 5.74) is 9.18. The van der Waals surface area contributed by atoms with Gasteiger partial charge in [-0.1, -0.05) is 30.3 Å². The molecule has 2 N–H and O–H groups in total. The van der Waals surface area contributed by atoms with Crippen molar-refractivity contribution in [3.63, 3.8) is 0 Å². The van der Waals surface area contributed by atoms with Gasteiger partial charge in [-0.3, -0.25) is 4.79 Å². The van der Waals surface area contributed by atoms with E-state index in [1.54, 1.807) is 6.07 Å². The number of rotatable bonds is 3. The third kappa shape index (κ3) is 2.14. The smallest absolute Gasteiger partial charge is 0.193 e. The predicted octanol–water partition coefficient (Wildman–Crippen LogP) is 3.38. The zero-order valence-electron chi connectivity index (χ0n) is 10.1. The Balaban J connectivity index is 1.98. The monoisotopic (exact) mass is 237 g/mol. The van der Waals surface area contributed by atoms with Crippen molar-refractivity contribution in [3.05, 3.63) is 65.2 Å². The number of ketones is 1. The molecular formula is C16H15NO. The Labute approximate surface area is 106 Å². The summed E-state index contributed by atoms with van der Waals surface area (Å²) in [4.78, 5) is 12.3. The van der Waals surface area contributed by atoms with E-state index in [-0.39, 0.29) is 5.78 Å². The lowest BCUT2D eigenvalue weighted by atomic mass is 9.99. The molecule has 90 valence electrons. The summed E-state index contributed by atoms with van der Waals surface area (Å²) in [6.45, 7) is 0. The second-order valence-corrected chi connectivity index (χ2v) is 4.86. The molecule has 0 heterocycles. The number of carbonyl (C=O) groups is 1. The molecule has 0 atom stereocenters. The molecule has 0 saturated heterocycles. The highest BCUT2D eigenvalue weighted by Crippen LogP contribution is 2.41. The van der Waals surface area contributed by atoms with E-state index in [9.17, 15) is 4.79 Å². The van der Waals surface area contributed by atoms with E-state index in [1.807, 2.05) is 42.5 Å². The first-order valence-electron chi connectivity index (χ1n) is 6.24. The van der Waals surface area contributed by atoms with Crippen molar-refractivity contribution < 1.29 is 4.79 Å². The first kappa shape index (κ1) is 11.0. The Bertz CT molecular complexity index is 585. The third-order valence-corrected chi connectivity index (χ3v) is 3.32. The lowest BCUT2D eigenvalue weighted by Gasteiger charge is -2.06. The average molecular weight is 237 g/mol. The molecule has 2 aromatic carbocycles. The number of nitrogen functional groups attached to an aromatic ring is 1. The minimum Gasteiger partial charge on any atom is -0.399 e. The summed E-state index contributed by atoms with van der Waals surface area (Å²) in [5.74, 6) is 0.653. The van der Waals surface area contributed by atoms with Crippen molar-refractivity contribution in [1.29, 1.82) is 0 Å². The Morgan fingerprint density at radius 2 is 1.72 bits per heavy atom. The third-order valence-electron chi connectivity index (χ3n) is 3.32. The van der Waals surface area contributed by atoms with Crippen LogP contribution in [0.15, 0.2) is 48.5 Å². The van der Waals surface area contributed by atoms with Crippen LogP contribution < -0.4 is 5.73 Å². The quantitative estimate of drug-likeness (QED) is 0.657. The van der Waals surface area contributed by atoms with Gasteiger partial charge in [-0.2, -0.15) is 0 Å². The Morgan fingerprint density at radius 3 is 2.39 bits per heavy atom. The van der Waals surface area contributed by atoms with Crippen LogP contribution in [0.1, 0.15) is 40.2 Å². The van der Waals surface area contributed by atoms with Gasteiger partial charge < -0.3 is 5.73 Å². The second-order valence-electron chi connectivity index (χ2n) is 4.86. The van der Waals surface area contributed by atoms with E-state index in [0.29, 0.717) is 22.7 Å². The van der Waals surface area contributed by atoms with E-state index in [4.69, 9.17) is 5.73 Å². The summed E-state index contributed by atoms with van der Waals surface area (Å²) in [6, 6.07) is 15.1. The number of carbonyl (C=O) groups excluding carboxylic acids is 1. The van der Waals surface area contributed by atoms with E-state index in [0.717, 1.165) is 0 Å². The molecule has 18 heavy (non-hydrogen) atoms. The highest BCUT2D eigenvalue weighted by Gasteiger charge is 2.24. The van der Waals surface area contributed by atoms with E-state index >= 15 is 0 Å². The molecule has 0 radical (unpaired) electrons. The van der Waals surface area contributed by atoms with Gasteiger partial charge in [0.2, 0.25) is 0 Å². The normalized spacial score (nSPS) is 14.4. The number of benzene rings is 2. The molecule has 1 aliphatic carbocycles. The SMILES string of the molecule is Nc1cc(C(=O)c2ccccc2)cc(C2CC2)c1. The second kappa shape index (κ2) is 4.30. The Hall–Kier alpha value is -2.09. The first-order valence-corrected chi connectivity index (χ1v) is 6.24. The molecule has 0 aromatic heterocycles. The van der Waals surface area contributed by atoms with Crippen LogP contribution in [0.4, 0.5) is 5.69 Å². The van der Waals surface area contributed by atoms with Crippen LogP contribution in [0.3, 0.4) is 0 Å². The standard InChI is InChI=1S/C16H15NO/c17-15-9-13(11-6-7-11)8-14(10-15)16(18)12-4-2-1-3-5-12/h1-5,8-11H,6-7,17H2. The van der Waals surface area contributed by atoms with Crippen molar-refractivity contribution in [2.45, 2.75) is 18.8 Å². The summed E-state index contributed by atoms with van der Waals surface area (Å²) in [5, 5.41) is 0. The molecule has 0 unspecified atom stereocenters. The zero-order valence-corrected chi connectivity index (χ0v) is 10.1. The maximum atomic E-state index is 12.3. The van der Waals surface area contributed by atoms with Gasteiger partial charge in [-0.15, -0.1) is 0 Å². The van der Waals surface area contributed by atoms with Crippen LogP contribution in [-0.4, -0.2) is 5.78 Å². The van der Waals surface area contributed by atoms with Crippen LogP contribution in [0.5, 0.6) is 0 Å². The highest BCUT2D eigenvalue weighted by atomic mass is 16.1. The van der Waals surface area contributed by atoms with Crippen molar-refractivity contribution in [2.75, 3.05) is 5.73 Å². The fourth-order valence-electron chi connectivity index (χ4n) is 2.22. The molecule has 2 nitrogen and oxygen atoms in total. The highest BCUT2D eigenvalue weighted by molar-refractivity contribution is 6.09. The van der Waals surface area contributed by atoms with Crippen molar-refractivity contribution in [2.24, 2.45) is 0 Å². The average Bonchev–Trinajstić information content (AvgIpc) is 3.22. The van der Waals surface area contributed by atoms with Gasteiger partial charge in [0.15, 0.2) is 5.78 Å². The molecule has 0 spiro atoms. The molecule has 2 aromatic rings. The van der Waals surface area contributed by atoms with Gasteiger partial charge in [0, 0.05) is 16.8 Å². The van der Waals surface area contributed by atoms with Crippen LogP contribution in [0, 0.1) is 0 Å². The molecule has 0 amide bonds. The van der Waals surface area contributed by atoms with Gasteiger partial charge in [-0.05, 0) is 42.5 Å². The number of hydrogen-bond donors (Lipinski definition) is 1. The van der Waals surface area contributed by atoms with Crippen molar-refractivity contribution >= 4 is 11.5 Å². The molecule has 2 heteroatoms. The number of hydrogen-bond acceptors (Lipinski definition) is 2. The maximum absolute atomic E-state index is 12.3. The number of nitrogens with two attached hydrogens (primary N) is 1. The molecule has 1 saturated carbocycles. The summed E-state index contributed by atoms with van der Waals surface area (Å²) in [7, 11) is 0. The van der Waals surface area contributed by atoms with E-state index < -0.39 is 0 Å². The molecular weight excluding hydrogens is 222 g/mol. The first-order chi connectivity index (χ1) is 8.74. The topological polar surface area (TPSA) is 43.1 Å². The van der Waals surface area contributed by atoms with Crippen molar-refractivity contribution in [1.82, 2.24) is 0 Å². The summed E-state index contributed by atoms with van der Waals surface area (Å²) >= 11 is 0. The van der Waals surface area contributed by atoms with Crippen LogP contribution in [0.2, 0.25) is 0 Å². The zero-order chi connectivity index (χ0) is 12.5. The van der Waals surface area contributed by atoms with Crippen molar-refractivity contribution in [3.8, 4) is 0 Å². The molecule has 1 aliphatic rings. The molecule has 0 aliphatic heterocycles. The molecule has 3 rings (SSSR count). The minimum atomic E-state index is 0.0461.